The van der Waals surface area contributed by atoms with Gasteiger partial charge in [0.1, 0.15) is 18.0 Å². The lowest BCUT2D eigenvalue weighted by Gasteiger charge is -2.35. The van der Waals surface area contributed by atoms with Gasteiger partial charge in [-0.1, -0.05) is 12.1 Å². The molecule has 2 rings (SSSR count). The molecular weight excluding hydrogens is 434 g/mol. The molecular formula is C16H18F6O6S. The van der Waals surface area contributed by atoms with Gasteiger partial charge < -0.3 is 14.2 Å². The number of benzene rings is 1. The molecule has 0 fully saturated rings. The third-order valence-electron chi connectivity index (χ3n) is 4.05. The Morgan fingerprint density at radius 2 is 1.69 bits per heavy atom. The zero-order valence-corrected chi connectivity index (χ0v) is 16.0. The van der Waals surface area contributed by atoms with Crippen molar-refractivity contribution >= 4 is 10.1 Å². The fraction of sp³-hybridized carbons (Fsp3) is 0.625. The predicted molar refractivity (Wildman–Crippen MR) is 87.6 cm³/mol. The van der Waals surface area contributed by atoms with Gasteiger partial charge in [0.05, 0.1) is 6.61 Å². The third-order valence-corrected chi connectivity index (χ3v) is 4.82. The largest absolute Gasteiger partial charge is 0.487 e. The second-order valence-electron chi connectivity index (χ2n) is 7.03. The molecule has 1 aromatic carbocycles. The lowest BCUT2D eigenvalue weighted by Crippen LogP contribution is -2.63. The molecule has 0 saturated heterocycles. The minimum Gasteiger partial charge on any atom is -0.487 e. The van der Waals surface area contributed by atoms with Crippen LogP contribution in [0.2, 0.25) is 0 Å². The van der Waals surface area contributed by atoms with E-state index >= 15 is 0 Å². The highest BCUT2D eigenvalue weighted by Gasteiger charge is 2.74. The molecule has 1 aromatic rings. The number of hydrogen-bond acceptors (Lipinski definition) is 5. The average Bonchev–Trinajstić information content (AvgIpc) is 2.81. The van der Waals surface area contributed by atoms with E-state index in [2.05, 4.69) is 4.74 Å². The van der Waals surface area contributed by atoms with E-state index in [0.717, 1.165) is 5.56 Å². The Labute approximate surface area is 162 Å². The van der Waals surface area contributed by atoms with Crippen LogP contribution < -0.4 is 9.47 Å². The van der Waals surface area contributed by atoms with Gasteiger partial charge in [-0.25, -0.2) is 0 Å². The Balaban J connectivity index is 2.15. The summed E-state index contributed by atoms with van der Waals surface area (Å²) < 4.78 is 124. The van der Waals surface area contributed by atoms with Gasteiger partial charge in [0.15, 0.2) is 11.5 Å². The number of alkyl halides is 6. The Kier molecular flexibility index (Phi) is 6.10. The topological polar surface area (TPSA) is 82.1 Å². The molecule has 0 aliphatic carbocycles. The van der Waals surface area contributed by atoms with Gasteiger partial charge in [-0.05, 0) is 19.9 Å². The molecule has 6 nitrogen and oxygen atoms in total. The van der Waals surface area contributed by atoms with Crippen molar-refractivity contribution in [1.82, 2.24) is 0 Å². The number of ether oxygens (including phenoxy) is 3. The van der Waals surface area contributed by atoms with Gasteiger partial charge in [-0.15, -0.1) is 0 Å². The van der Waals surface area contributed by atoms with Crippen molar-refractivity contribution in [1.29, 1.82) is 0 Å². The average molecular weight is 452 g/mol. The van der Waals surface area contributed by atoms with Crippen molar-refractivity contribution in [3.05, 3.63) is 23.8 Å². The molecule has 13 heteroatoms. The van der Waals surface area contributed by atoms with Crippen LogP contribution in [0.15, 0.2) is 18.2 Å². The van der Waals surface area contributed by atoms with E-state index in [9.17, 15) is 34.8 Å². The predicted octanol–water partition coefficient (Wildman–Crippen LogP) is 3.55. The minimum atomic E-state index is -6.16. The summed E-state index contributed by atoms with van der Waals surface area (Å²) in [5.41, 5.74) is -4.91. The number of fused-ring (bicyclic) bond motifs is 1. The monoisotopic (exact) mass is 452 g/mol. The van der Waals surface area contributed by atoms with Crippen molar-refractivity contribution < 1.29 is 53.5 Å². The van der Waals surface area contributed by atoms with E-state index in [1.807, 2.05) is 0 Å². The maximum absolute atomic E-state index is 13.1. The maximum atomic E-state index is 13.1. The Morgan fingerprint density at radius 1 is 1.10 bits per heavy atom. The first-order valence-corrected chi connectivity index (χ1v) is 9.75. The first-order valence-electron chi connectivity index (χ1n) is 8.14. The van der Waals surface area contributed by atoms with Crippen LogP contribution in [0.3, 0.4) is 0 Å². The molecule has 0 aromatic heterocycles. The fourth-order valence-corrected chi connectivity index (χ4v) is 3.78. The first kappa shape index (κ1) is 23.5. The van der Waals surface area contributed by atoms with Crippen molar-refractivity contribution in [3.63, 3.8) is 0 Å². The second kappa shape index (κ2) is 7.51. The van der Waals surface area contributed by atoms with Crippen LogP contribution in [-0.2, 0) is 21.3 Å². The molecule has 29 heavy (non-hydrogen) atoms. The Morgan fingerprint density at radius 3 is 2.21 bits per heavy atom. The van der Waals surface area contributed by atoms with Crippen molar-refractivity contribution in [2.75, 3.05) is 19.0 Å². The van der Waals surface area contributed by atoms with E-state index < -0.39 is 52.6 Å². The lowest BCUT2D eigenvalue weighted by molar-refractivity contribution is -0.372. The third kappa shape index (κ3) is 5.25. The van der Waals surface area contributed by atoms with Gasteiger partial charge in [0, 0.05) is 12.0 Å². The molecule has 0 atom stereocenters. The molecule has 0 spiro atoms. The van der Waals surface area contributed by atoms with Crippen LogP contribution >= 0.6 is 0 Å². The van der Waals surface area contributed by atoms with Gasteiger partial charge >= 0.3 is 12.4 Å². The molecule has 1 aliphatic heterocycles. The van der Waals surface area contributed by atoms with Crippen molar-refractivity contribution in [2.45, 2.75) is 43.8 Å². The van der Waals surface area contributed by atoms with Gasteiger partial charge in [-0.2, -0.15) is 34.8 Å². The number of para-hydroxylation sites is 1. The van der Waals surface area contributed by atoms with Gasteiger partial charge in [-0.3, -0.25) is 4.55 Å². The molecule has 0 unspecified atom stereocenters. The first-order chi connectivity index (χ1) is 13.0. The summed E-state index contributed by atoms with van der Waals surface area (Å²) in [4.78, 5) is 0. The molecule has 1 heterocycles. The summed E-state index contributed by atoms with van der Waals surface area (Å²) in [5, 5.41) is 0. The molecule has 166 valence electrons. The Bertz CT molecular complexity index is 832. The minimum absolute atomic E-state index is 0.0936. The molecule has 0 radical (unpaired) electrons. The lowest BCUT2D eigenvalue weighted by atomic mass is 10.0. The number of halogens is 6. The van der Waals surface area contributed by atoms with E-state index in [1.54, 1.807) is 26.0 Å². The number of hydrogen-bond donors (Lipinski definition) is 1. The number of rotatable bonds is 7. The summed E-state index contributed by atoms with van der Waals surface area (Å²) >= 11 is 0. The summed E-state index contributed by atoms with van der Waals surface area (Å²) in [6.07, 6.45) is -11.8. The normalized spacial score (nSPS) is 17.0. The van der Waals surface area contributed by atoms with Crippen molar-refractivity contribution in [3.8, 4) is 11.5 Å². The summed E-state index contributed by atoms with van der Waals surface area (Å²) in [7, 11) is -5.68. The van der Waals surface area contributed by atoms with Crippen LogP contribution in [0.25, 0.3) is 0 Å². The Hall–Kier alpha value is -1.73. The smallest absolute Gasteiger partial charge is 0.427 e. The quantitative estimate of drug-likeness (QED) is 0.387. The van der Waals surface area contributed by atoms with E-state index in [4.69, 9.17) is 14.0 Å². The van der Waals surface area contributed by atoms with E-state index in [-0.39, 0.29) is 5.75 Å². The zero-order chi connectivity index (χ0) is 22.3. The SMILES string of the molecule is CC1(C)Cc2cccc(OCCOC(CS(=O)(=O)O)(C(F)(F)F)C(F)(F)F)c2O1. The fourth-order valence-electron chi connectivity index (χ4n) is 2.86. The van der Waals surface area contributed by atoms with Gasteiger partial charge in [0.25, 0.3) is 15.7 Å². The molecule has 0 amide bonds. The van der Waals surface area contributed by atoms with Crippen LogP contribution in [-0.4, -0.2) is 55.5 Å². The maximum Gasteiger partial charge on any atom is 0.427 e. The van der Waals surface area contributed by atoms with E-state index in [0.29, 0.717) is 12.2 Å². The summed E-state index contributed by atoms with van der Waals surface area (Å²) in [6, 6.07) is 4.73. The van der Waals surface area contributed by atoms with Gasteiger partial charge in [0.2, 0.25) is 0 Å². The van der Waals surface area contributed by atoms with Crippen LogP contribution in [0.1, 0.15) is 19.4 Å². The molecule has 0 bridgehead atoms. The zero-order valence-electron chi connectivity index (χ0n) is 15.2. The van der Waals surface area contributed by atoms with Crippen LogP contribution in [0.4, 0.5) is 26.3 Å². The summed E-state index contributed by atoms with van der Waals surface area (Å²) in [5.74, 6) is -2.32. The van der Waals surface area contributed by atoms with Crippen molar-refractivity contribution in [2.24, 2.45) is 0 Å². The molecule has 0 saturated carbocycles. The second-order valence-corrected chi connectivity index (χ2v) is 8.48. The molecule has 1 N–H and O–H groups in total. The highest BCUT2D eigenvalue weighted by atomic mass is 32.2. The van der Waals surface area contributed by atoms with Crippen LogP contribution in [0.5, 0.6) is 11.5 Å². The van der Waals surface area contributed by atoms with E-state index in [1.165, 1.54) is 6.07 Å². The standard InChI is InChI=1S/C16H18F6O6S/c1-13(2)8-10-4-3-5-11(12(10)28-13)26-6-7-27-14(15(17,18)19,16(20,21)22)9-29(23,24)25/h3-5H,6-9H2,1-2H3,(H,23,24,25). The molecule has 1 aliphatic rings. The van der Waals surface area contributed by atoms with Crippen LogP contribution in [0, 0.1) is 0 Å². The highest BCUT2D eigenvalue weighted by molar-refractivity contribution is 7.85. The highest BCUT2D eigenvalue weighted by Crippen LogP contribution is 2.47. The summed E-state index contributed by atoms with van der Waals surface area (Å²) in [6.45, 7) is 1.55.